The molecular formula is C22H35IN4O. The van der Waals surface area contributed by atoms with Crippen LogP contribution in [-0.4, -0.2) is 49.5 Å². The Hall–Kier alpha value is -1.31. The third-order valence-corrected chi connectivity index (χ3v) is 5.77. The summed E-state index contributed by atoms with van der Waals surface area (Å²) in [6.07, 6.45) is 8.90. The highest BCUT2D eigenvalue weighted by atomic mass is 127. The highest BCUT2D eigenvalue weighted by Gasteiger charge is 2.25. The summed E-state index contributed by atoms with van der Waals surface area (Å²) < 4.78 is 0. The van der Waals surface area contributed by atoms with E-state index in [-0.39, 0.29) is 29.9 Å². The van der Waals surface area contributed by atoms with Crippen molar-refractivity contribution in [2.45, 2.75) is 57.4 Å². The molecule has 28 heavy (non-hydrogen) atoms. The smallest absolute Gasteiger partial charge is 0.221 e. The molecule has 0 aromatic heterocycles. The maximum absolute atomic E-state index is 12.2. The molecule has 1 unspecified atom stereocenters. The third-order valence-electron chi connectivity index (χ3n) is 5.77. The molecule has 1 atom stereocenters. The average Bonchev–Trinajstić information content (AvgIpc) is 3.15. The van der Waals surface area contributed by atoms with Crippen LogP contribution in [-0.2, 0) is 11.2 Å². The van der Waals surface area contributed by atoms with E-state index in [2.05, 4.69) is 50.9 Å². The van der Waals surface area contributed by atoms with Crippen molar-refractivity contribution in [3.05, 3.63) is 35.9 Å². The Morgan fingerprint density at radius 2 is 1.89 bits per heavy atom. The van der Waals surface area contributed by atoms with Crippen LogP contribution in [0.25, 0.3) is 0 Å². The van der Waals surface area contributed by atoms with Gasteiger partial charge >= 0.3 is 0 Å². The standard InChI is InChI=1S/C22H34N4O.HI/c1-23-22(24-14-12-21(27)25-20-10-6-3-7-11-20)26-15-13-19(17-26)16-18-8-4-2-5-9-18;/h2,4-5,8-9,19-20H,3,6-7,10-17H2,1H3,(H,23,24)(H,25,27);1H. The Bertz CT molecular complexity index is 616. The number of nitrogens with one attached hydrogen (secondary N) is 2. The maximum atomic E-state index is 12.2. The largest absolute Gasteiger partial charge is 0.356 e. The molecule has 2 aliphatic rings. The van der Waals surface area contributed by atoms with Gasteiger partial charge in [0.1, 0.15) is 0 Å². The van der Waals surface area contributed by atoms with Gasteiger partial charge in [0.25, 0.3) is 0 Å². The highest BCUT2D eigenvalue weighted by molar-refractivity contribution is 14.0. The van der Waals surface area contributed by atoms with E-state index in [4.69, 9.17) is 0 Å². The van der Waals surface area contributed by atoms with Gasteiger partial charge in [0.15, 0.2) is 5.96 Å². The molecule has 3 rings (SSSR count). The number of nitrogens with zero attached hydrogens (tertiary/aromatic N) is 2. The summed E-state index contributed by atoms with van der Waals surface area (Å²) >= 11 is 0. The topological polar surface area (TPSA) is 56.7 Å². The van der Waals surface area contributed by atoms with Crippen molar-refractivity contribution < 1.29 is 4.79 Å². The van der Waals surface area contributed by atoms with E-state index in [1.165, 1.54) is 31.2 Å². The van der Waals surface area contributed by atoms with Crippen molar-refractivity contribution in [2.24, 2.45) is 10.9 Å². The molecule has 1 aromatic carbocycles. The Balaban J connectivity index is 0.00000280. The zero-order valence-electron chi connectivity index (χ0n) is 17.0. The predicted octanol–water partition coefficient (Wildman–Crippen LogP) is 3.58. The van der Waals surface area contributed by atoms with E-state index in [0.29, 0.717) is 24.9 Å². The minimum Gasteiger partial charge on any atom is -0.356 e. The molecule has 156 valence electrons. The molecule has 0 radical (unpaired) electrons. The van der Waals surface area contributed by atoms with Crippen molar-refractivity contribution >= 4 is 35.8 Å². The van der Waals surface area contributed by atoms with E-state index >= 15 is 0 Å². The van der Waals surface area contributed by atoms with E-state index < -0.39 is 0 Å². The predicted molar refractivity (Wildman–Crippen MR) is 126 cm³/mol. The first-order valence-corrected chi connectivity index (χ1v) is 10.5. The number of rotatable bonds is 6. The van der Waals surface area contributed by atoms with Crippen molar-refractivity contribution in [2.75, 3.05) is 26.7 Å². The summed E-state index contributed by atoms with van der Waals surface area (Å²) in [7, 11) is 1.83. The summed E-state index contributed by atoms with van der Waals surface area (Å²) in [5, 5.41) is 6.56. The minimum atomic E-state index is 0. The fourth-order valence-electron chi connectivity index (χ4n) is 4.31. The molecule has 2 N–H and O–H groups in total. The second-order valence-electron chi connectivity index (χ2n) is 7.92. The molecule has 1 aliphatic heterocycles. The maximum Gasteiger partial charge on any atom is 0.221 e. The van der Waals surface area contributed by atoms with Crippen LogP contribution in [0.5, 0.6) is 0 Å². The van der Waals surface area contributed by atoms with Gasteiger partial charge in [-0.2, -0.15) is 0 Å². The second-order valence-corrected chi connectivity index (χ2v) is 7.92. The van der Waals surface area contributed by atoms with Gasteiger partial charge in [0, 0.05) is 39.1 Å². The van der Waals surface area contributed by atoms with Gasteiger partial charge in [-0.1, -0.05) is 49.6 Å². The fraction of sp³-hybridized carbons (Fsp3) is 0.636. The number of benzene rings is 1. The first kappa shape index (κ1) is 23.0. The molecule has 1 amide bonds. The van der Waals surface area contributed by atoms with Crippen LogP contribution in [0, 0.1) is 5.92 Å². The Morgan fingerprint density at radius 3 is 2.61 bits per heavy atom. The van der Waals surface area contributed by atoms with Gasteiger partial charge in [-0.25, -0.2) is 0 Å². The summed E-state index contributed by atoms with van der Waals surface area (Å²) in [5.74, 6) is 1.75. The number of carbonyl (C=O) groups is 1. The summed E-state index contributed by atoms with van der Waals surface area (Å²) in [6, 6.07) is 11.1. The lowest BCUT2D eigenvalue weighted by Crippen LogP contribution is -2.42. The number of carbonyl (C=O) groups excluding carboxylic acids is 1. The van der Waals surface area contributed by atoms with Crippen molar-refractivity contribution in [1.82, 2.24) is 15.5 Å². The van der Waals surface area contributed by atoms with E-state index in [1.54, 1.807) is 0 Å². The number of guanidine groups is 1. The molecule has 1 heterocycles. The number of halogens is 1. The van der Waals surface area contributed by atoms with Crippen LogP contribution < -0.4 is 10.6 Å². The van der Waals surface area contributed by atoms with Gasteiger partial charge < -0.3 is 15.5 Å². The third kappa shape index (κ3) is 7.26. The molecule has 1 aromatic rings. The van der Waals surface area contributed by atoms with Crippen LogP contribution in [0.4, 0.5) is 0 Å². The molecule has 1 saturated carbocycles. The van der Waals surface area contributed by atoms with Crippen LogP contribution in [0.1, 0.15) is 50.5 Å². The van der Waals surface area contributed by atoms with Crippen molar-refractivity contribution in [3.8, 4) is 0 Å². The summed E-state index contributed by atoms with van der Waals surface area (Å²) in [5.41, 5.74) is 1.41. The van der Waals surface area contributed by atoms with E-state index in [0.717, 1.165) is 38.3 Å². The average molecular weight is 498 g/mol. The van der Waals surface area contributed by atoms with Crippen LogP contribution in [0.2, 0.25) is 0 Å². The lowest BCUT2D eigenvalue weighted by molar-refractivity contribution is -0.121. The van der Waals surface area contributed by atoms with Gasteiger partial charge in [0.05, 0.1) is 0 Å². The molecular weight excluding hydrogens is 463 g/mol. The SMILES string of the molecule is CN=C(NCCC(=O)NC1CCCCC1)N1CCC(Cc2ccccc2)C1.I. The van der Waals surface area contributed by atoms with Crippen molar-refractivity contribution in [1.29, 1.82) is 0 Å². The zero-order chi connectivity index (χ0) is 18.9. The van der Waals surface area contributed by atoms with Crippen LogP contribution in [0.15, 0.2) is 35.3 Å². The number of likely N-dealkylation sites (tertiary alicyclic amines) is 1. The fourth-order valence-corrected chi connectivity index (χ4v) is 4.31. The lowest BCUT2D eigenvalue weighted by atomic mass is 9.95. The Kier molecular flexibility index (Phi) is 10.1. The molecule has 0 spiro atoms. The number of hydrogen-bond donors (Lipinski definition) is 2. The summed E-state index contributed by atoms with van der Waals surface area (Å²) in [6.45, 7) is 2.71. The molecule has 0 bridgehead atoms. The molecule has 1 aliphatic carbocycles. The number of aliphatic imine (C=N–C) groups is 1. The Labute approximate surface area is 186 Å². The first-order valence-electron chi connectivity index (χ1n) is 10.5. The number of amides is 1. The minimum absolute atomic E-state index is 0. The monoisotopic (exact) mass is 498 g/mol. The van der Waals surface area contributed by atoms with Gasteiger partial charge in [-0.05, 0) is 37.2 Å². The molecule has 6 heteroatoms. The highest BCUT2D eigenvalue weighted by Crippen LogP contribution is 2.21. The quantitative estimate of drug-likeness (QED) is 0.358. The Morgan fingerprint density at radius 1 is 1.14 bits per heavy atom. The second kappa shape index (κ2) is 12.3. The van der Waals surface area contributed by atoms with Crippen LogP contribution in [0.3, 0.4) is 0 Å². The van der Waals surface area contributed by atoms with Crippen LogP contribution >= 0.6 is 24.0 Å². The van der Waals surface area contributed by atoms with E-state index in [1.807, 2.05) is 7.05 Å². The lowest BCUT2D eigenvalue weighted by Gasteiger charge is -2.24. The number of hydrogen-bond acceptors (Lipinski definition) is 2. The first-order chi connectivity index (χ1) is 13.2. The van der Waals surface area contributed by atoms with Crippen molar-refractivity contribution in [3.63, 3.8) is 0 Å². The molecule has 2 fully saturated rings. The van der Waals surface area contributed by atoms with Gasteiger partial charge in [0.2, 0.25) is 5.91 Å². The zero-order valence-corrected chi connectivity index (χ0v) is 19.4. The normalized spacial score (nSPS) is 20.5. The molecule has 5 nitrogen and oxygen atoms in total. The molecule has 1 saturated heterocycles. The summed E-state index contributed by atoms with van der Waals surface area (Å²) in [4.78, 5) is 18.9. The van der Waals surface area contributed by atoms with Gasteiger partial charge in [-0.3, -0.25) is 9.79 Å². The van der Waals surface area contributed by atoms with Gasteiger partial charge in [-0.15, -0.1) is 24.0 Å². The van der Waals surface area contributed by atoms with E-state index in [9.17, 15) is 4.79 Å².